The maximum atomic E-state index is 5.70. The highest BCUT2D eigenvalue weighted by atomic mass is 16.5. The van der Waals surface area contributed by atoms with Gasteiger partial charge in [0, 0.05) is 31.9 Å². The van der Waals surface area contributed by atoms with Gasteiger partial charge < -0.3 is 15.4 Å². The van der Waals surface area contributed by atoms with Gasteiger partial charge in [-0.3, -0.25) is 0 Å². The standard InChI is InChI=1S/C15H27N3O/c1-5-14(6-2)18(9-10-19-4)15-8-7-13(11-16)12(3)17-15/h7-8,14H,5-6,9-11,16H2,1-4H3. The molecule has 0 atom stereocenters. The topological polar surface area (TPSA) is 51.4 Å². The lowest BCUT2D eigenvalue weighted by atomic mass is 10.1. The van der Waals surface area contributed by atoms with E-state index in [-0.39, 0.29) is 0 Å². The molecule has 0 saturated carbocycles. The molecule has 108 valence electrons. The van der Waals surface area contributed by atoms with Crippen LogP contribution in [-0.4, -0.2) is 31.3 Å². The molecule has 19 heavy (non-hydrogen) atoms. The fourth-order valence-electron chi connectivity index (χ4n) is 2.36. The highest BCUT2D eigenvalue weighted by Crippen LogP contribution is 2.20. The first-order valence-corrected chi connectivity index (χ1v) is 7.10. The van der Waals surface area contributed by atoms with E-state index in [4.69, 9.17) is 15.5 Å². The highest BCUT2D eigenvalue weighted by Gasteiger charge is 2.17. The van der Waals surface area contributed by atoms with Crippen LogP contribution in [0.3, 0.4) is 0 Å². The molecule has 4 nitrogen and oxygen atoms in total. The zero-order valence-corrected chi connectivity index (χ0v) is 12.6. The summed E-state index contributed by atoms with van der Waals surface area (Å²) in [5.74, 6) is 1.03. The van der Waals surface area contributed by atoms with Crippen LogP contribution in [-0.2, 0) is 11.3 Å². The van der Waals surface area contributed by atoms with Crippen LogP contribution in [0.4, 0.5) is 5.82 Å². The van der Waals surface area contributed by atoms with Crippen LogP contribution >= 0.6 is 0 Å². The highest BCUT2D eigenvalue weighted by molar-refractivity contribution is 5.42. The lowest BCUT2D eigenvalue weighted by molar-refractivity contribution is 0.202. The van der Waals surface area contributed by atoms with Crippen molar-refractivity contribution >= 4 is 5.82 Å². The molecule has 1 rings (SSSR count). The van der Waals surface area contributed by atoms with Gasteiger partial charge in [0.2, 0.25) is 0 Å². The van der Waals surface area contributed by atoms with Gasteiger partial charge in [-0.2, -0.15) is 0 Å². The van der Waals surface area contributed by atoms with Gasteiger partial charge in [-0.25, -0.2) is 4.98 Å². The summed E-state index contributed by atoms with van der Waals surface area (Å²) < 4.78 is 5.22. The second kappa shape index (κ2) is 8.12. The summed E-state index contributed by atoms with van der Waals surface area (Å²) in [5, 5.41) is 0. The normalized spacial score (nSPS) is 11.1. The quantitative estimate of drug-likeness (QED) is 0.784. The van der Waals surface area contributed by atoms with Crippen molar-refractivity contribution in [2.45, 2.75) is 46.2 Å². The average molecular weight is 265 g/mol. The van der Waals surface area contributed by atoms with Crippen molar-refractivity contribution in [1.82, 2.24) is 4.98 Å². The number of pyridine rings is 1. The Morgan fingerprint density at radius 2 is 2.00 bits per heavy atom. The van der Waals surface area contributed by atoms with Crippen molar-refractivity contribution < 1.29 is 4.74 Å². The Morgan fingerprint density at radius 3 is 2.47 bits per heavy atom. The van der Waals surface area contributed by atoms with E-state index < -0.39 is 0 Å². The Morgan fingerprint density at radius 1 is 1.32 bits per heavy atom. The minimum absolute atomic E-state index is 0.505. The van der Waals surface area contributed by atoms with Crippen molar-refractivity contribution in [3.8, 4) is 0 Å². The molecular weight excluding hydrogens is 238 g/mol. The lowest BCUT2D eigenvalue weighted by Gasteiger charge is -2.31. The van der Waals surface area contributed by atoms with Gasteiger partial charge in [0.1, 0.15) is 5.82 Å². The molecular formula is C15H27N3O. The Bertz CT molecular complexity index is 378. The van der Waals surface area contributed by atoms with E-state index in [0.29, 0.717) is 12.6 Å². The number of hydrogen-bond donors (Lipinski definition) is 1. The third-order valence-electron chi connectivity index (χ3n) is 3.61. The minimum Gasteiger partial charge on any atom is -0.383 e. The van der Waals surface area contributed by atoms with E-state index >= 15 is 0 Å². The molecule has 0 unspecified atom stereocenters. The Hall–Kier alpha value is -1.13. The predicted octanol–water partition coefficient (Wildman–Crippen LogP) is 2.49. The van der Waals surface area contributed by atoms with E-state index in [9.17, 15) is 0 Å². The van der Waals surface area contributed by atoms with Crippen LogP contribution in [0.2, 0.25) is 0 Å². The zero-order chi connectivity index (χ0) is 14.3. The number of aryl methyl sites for hydroxylation is 1. The molecule has 0 aliphatic heterocycles. The second-order valence-electron chi connectivity index (χ2n) is 4.77. The molecule has 4 heteroatoms. The van der Waals surface area contributed by atoms with E-state index in [1.807, 2.05) is 6.92 Å². The summed E-state index contributed by atoms with van der Waals surface area (Å²) in [4.78, 5) is 7.05. The smallest absolute Gasteiger partial charge is 0.129 e. The first-order chi connectivity index (χ1) is 9.17. The van der Waals surface area contributed by atoms with Crippen molar-refractivity contribution in [2.75, 3.05) is 25.2 Å². The van der Waals surface area contributed by atoms with Crippen LogP contribution in [0.15, 0.2) is 12.1 Å². The predicted molar refractivity (Wildman–Crippen MR) is 80.5 cm³/mol. The number of hydrogen-bond acceptors (Lipinski definition) is 4. The molecule has 0 saturated heterocycles. The Balaban J connectivity index is 2.98. The molecule has 1 heterocycles. The summed E-state index contributed by atoms with van der Waals surface area (Å²) >= 11 is 0. The monoisotopic (exact) mass is 265 g/mol. The van der Waals surface area contributed by atoms with Crippen LogP contribution in [0.1, 0.15) is 37.9 Å². The summed E-state index contributed by atoms with van der Waals surface area (Å²) in [6.07, 6.45) is 2.22. The zero-order valence-electron chi connectivity index (χ0n) is 12.6. The van der Waals surface area contributed by atoms with Crippen LogP contribution < -0.4 is 10.6 Å². The Labute approximate surface area is 117 Å². The third-order valence-corrected chi connectivity index (χ3v) is 3.61. The largest absolute Gasteiger partial charge is 0.383 e. The maximum absolute atomic E-state index is 5.70. The van der Waals surface area contributed by atoms with Gasteiger partial charge in [-0.05, 0) is 31.4 Å². The summed E-state index contributed by atoms with van der Waals surface area (Å²) in [7, 11) is 1.74. The van der Waals surface area contributed by atoms with Crippen LogP contribution in [0, 0.1) is 6.92 Å². The number of anilines is 1. The number of rotatable bonds is 8. The number of ether oxygens (including phenoxy) is 1. The van der Waals surface area contributed by atoms with Gasteiger partial charge in [0.05, 0.1) is 6.61 Å². The lowest BCUT2D eigenvalue weighted by Crippen LogP contribution is -2.37. The fraction of sp³-hybridized carbons (Fsp3) is 0.667. The summed E-state index contributed by atoms with van der Waals surface area (Å²) in [6, 6.07) is 4.66. The fourth-order valence-corrected chi connectivity index (χ4v) is 2.36. The molecule has 0 bridgehead atoms. The van der Waals surface area contributed by atoms with Gasteiger partial charge in [0.15, 0.2) is 0 Å². The first kappa shape index (κ1) is 15.9. The number of nitrogens with two attached hydrogens (primary N) is 1. The van der Waals surface area contributed by atoms with E-state index in [1.54, 1.807) is 7.11 Å². The van der Waals surface area contributed by atoms with Crippen molar-refractivity contribution in [3.05, 3.63) is 23.4 Å². The van der Waals surface area contributed by atoms with Gasteiger partial charge in [-0.15, -0.1) is 0 Å². The van der Waals surface area contributed by atoms with E-state index in [2.05, 4.69) is 30.9 Å². The van der Waals surface area contributed by atoms with Crippen molar-refractivity contribution in [3.63, 3.8) is 0 Å². The van der Waals surface area contributed by atoms with Gasteiger partial charge >= 0.3 is 0 Å². The molecule has 1 aromatic rings. The molecule has 0 radical (unpaired) electrons. The summed E-state index contributed by atoms with van der Waals surface area (Å²) in [5.41, 5.74) is 7.83. The van der Waals surface area contributed by atoms with Crippen LogP contribution in [0.5, 0.6) is 0 Å². The van der Waals surface area contributed by atoms with Crippen molar-refractivity contribution in [2.24, 2.45) is 5.73 Å². The summed E-state index contributed by atoms with van der Waals surface area (Å²) in [6.45, 7) is 8.59. The van der Waals surface area contributed by atoms with E-state index in [1.165, 1.54) is 0 Å². The van der Waals surface area contributed by atoms with Crippen LogP contribution in [0.25, 0.3) is 0 Å². The molecule has 1 aromatic heterocycles. The number of nitrogens with zero attached hydrogens (tertiary/aromatic N) is 2. The molecule has 0 fully saturated rings. The van der Waals surface area contributed by atoms with Gasteiger partial charge in [-0.1, -0.05) is 19.9 Å². The number of aromatic nitrogens is 1. The minimum atomic E-state index is 0.505. The molecule has 0 aliphatic rings. The van der Waals surface area contributed by atoms with Crippen molar-refractivity contribution in [1.29, 1.82) is 0 Å². The molecule has 0 aliphatic carbocycles. The average Bonchev–Trinajstić information content (AvgIpc) is 2.43. The van der Waals surface area contributed by atoms with Gasteiger partial charge in [0.25, 0.3) is 0 Å². The van der Waals surface area contributed by atoms with E-state index in [0.717, 1.165) is 43.1 Å². The molecule has 0 aromatic carbocycles. The SMILES string of the molecule is CCC(CC)N(CCOC)c1ccc(CN)c(C)n1. The Kier molecular flexibility index (Phi) is 6.81. The maximum Gasteiger partial charge on any atom is 0.129 e. The number of methoxy groups -OCH3 is 1. The second-order valence-corrected chi connectivity index (χ2v) is 4.77. The first-order valence-electron chi connectivity index (χ1n) is 7.10. The molecule has 0 spiro atoms. The third kappa shape index (κ3) is 4.18. The molecule has 0 amide bonds. The molecule has 2 N–H and O–H groups in total.